The van der Waals surface area contributed by atoms with E-state index in [1.165, 1.54) is 12.1 Å². The molecule has 0 unspecified atom stereocenters. The molecule has 1 amide bonds. The van der Waals surface area contributed by atoms with Gasteiger partial charge in [0.05, 0.1) is 0 Å². The largest absolute Gasteiger partial charge is 0.421 e. The van der Waals surface area contributed by atoms with E-state index < -0.39 is 0 Å². The quantitative estimate of drug-likeness (QED) is 0.880. The summed E-state index contributed by atoms with van der Waals surface area (Å²) in [5.41, 5.74) is 0.653. The predicted molar refractivity (Wildman–Crippen MR) is 71.3 cm³/mol. The van der Waals surface area contributed by atoms with Crippen molar-refractivity contribution in [3.63, 3.8) is 0 Å². The van der Waals surface area contributed by atoms with Crippen LogP contribution in [-0.2, 0) is 11.2 Å². The Hall–Kier alpha value is -2.24. The van der Waals surface area contributed by atoms with Crippen LogP contribution in [0.4, 0.5) is 4.39 Å². The molecule has 20 heavy (non-hydrogen) atoms. The SMILES string of the molecule is CCCNC(=O)CCc1nnc(-c2ccc(F)cc2)o1. The monoisotopic (exact) mass is 277 g/mol. The maximum Gasteiger partial charge on any atom is 0.247 e. The summed E-state index contributed by atoms with van der Waals surface area (Å²) < 4.78 is 18.2. The van der Waals surface area contributed by atoms with Gasteiger partial charge in [-0.3, -0.25) is 4.79 Å². The van der Waals surface area contributed by atoms with Gasteiger partial charge in [-0.15, -0.1) is 10.2 Å². The third-order valence-electron chi connectivity index (χ3n) is 2.70. The van der Waals surface area contributed by atoms with E-state index in [-0.39, 0.29) is 11.7 Å². The number of hydrogen-bond acceptors (Lipinski definition) is 4. The lowest BCUT2D eigenvalue weighted by molar-refractivity contribution is -0.121. The van der Waals surface area contributed by atoms with Crippen LogP contribution < -0.4 is 5.32 Å². The summed E-state index contributed by atoms with van der Waals surface area (Å²) in [6.45, 7) is 2.66. The molecule has 0 bridgehead atoms. The first-order valence-electron chi connectivity index (χ1n) is 6.54. The van der Waals surface area contributed by atoms with Gasteiger partial charge in [0.25, 0.3) is 0 Å². The average Bonchev–Trinajstić information content (AvgIpc) is 2.92. The molecule has 5 nitrogen and oxygen atoms in total. The summed E-state index contributed by atoms with van der Waals surface area (Å²) in [4.78, 5) is 11.4. The van der Waals surface area contributed by atoms with Crippen molar-refractivity contribution in [3.8, 4) is 11.5 Å². The molecular formula is C14H16FN3O2. The summed E-state index contributed by atoms with van der Waals surface area (Å²) in [5.74, 6) is 0.374. The molecule has 0 aliphatic carbocycles. The minimum Gasteiger partial charge on any atom is -0.421 e. The molecule has 0 aliphatic rings. The Morgan fingerprint density at radius 3 is 2.75 bits per heavy atom. The molecule has 0 radical (unpaired) electrons. The van der Waals surface area contributed by atoms with Crippen LogP contribution in [0.15, 0.2) is 28.7 Å². The third kappa shape index (κ3) is 3.88. The second-order valence-corrected chi connectivity index (χ2v) is 4.36. The summed E-state index contributed by atoms with van der Waals surface area (Å²) >= 11 is 0. The number of carbonyl (C=O) groups is 1. The first kappa shape index (κ1) is 14.2. The smallest absolute Gasteiger partial charge is 0.247 e. The molecule has 1 N–H and O–H groups in total. The molecule has 1 aromatic heterocycles. The van der Waals surface area contributed by atoms with Crippen molar-refractivity contribution in [1.82, 2.24) is 15.5 Å². The van der Waals surface area contributed by atoms with Gasteiger partial charge in [0.15, 0.2) is 0 Å². The van der Waals surface area contributed by atoms with Gasteiger partial charge in [0.2, 0.25) is 17.7 Å². The summed E-state index contributed by atoms with van der Waals surface area (Å²) in [6, 6.07) is 5.80. The molecule has 0 spiro atoms. The lowest BCUT2D eigenvalue weighted by Crippen LogP contribution is -2.24. The van der Waals surface area contributed by atoms with E-state index >= 15 is 0 Å². The third-order valence-corrected chi connectivity index (χ3v) is 2.70. The highest BCUT2D eigenvalue weighted by molar-refractivity contribution is 5.75. The molecule has 0 saturated carbocycles. The molecular weight excluding hydrogens is 261 g/mol. The number of nitrogens with one attached hydrogen (secondary N) is 1. The van der Waals surface area contributed by atoms with Gasteiger partial charge in [-0.1, -0.05) is 6.92 Å². The fourth-order valence-corrected chi connectivity index (χ4v) is 1.64. The van der Waals surface area contributed by atoms with E-state index in [0.29, 0.717) is 36.7 Å². The van der Waals surface area contributed by atoms with E-state index in [4.69, 9.17) is 4.42 Å². The summed E-state index contributed by atoms with van der Waals surface area (Å²) in [5, 5.41) is 10.5. The summed E-state index contributed by atoms with van der Waals surface area (Å²) in [7, 11) is 0. The van der Waals surface area contributed by atoms with Crippen molar-refractivity contribution in [2.45, 2.75) is 26.2 Å². The van der Waals surface area contributed by atoms with Crippen molar-refractivity contribution < 1.29 is 13.6 Å². The second kappa shape index (κ2) is 6.79. The average molecular weight is 277 g/mol. The highest BCUT2D eigenvalue weighted by atomic mass is 19.1. The van der Waals surface area contributed by atoms with Crippen LogP contribution in [0.3, 0.4) is 0 Å². The Kier molecular flexibility index (Phi) is 4.81. The maximum atomic E-state index is 12.8. The van der Waals surface area contributed by atoms with Crippen LogP contribution in [0, 0.1) is 5.82 Å². The van der Waals surface area contributed by atoms with Gasteiger partial charge in [0, 0.05) is 24.9 Å². The molecule has 0 atom stereocenters. The Labute approximate surface area is 116 Å². The van der Waals surface area contributed by atoms with E-state index in [1.54, 1.807) is 12.1 Å². The van der Waals surface area contributed by atoms with E-state index in [0.717, 1.165) is 6.42 Å². The Morgan fingerprint density at radius 1 is 1.30 bits per heavy atom. The van der Waals surface area contributed by atoms with Crippen LogP contribution in [0.25, 0.3) is 11.5 Å². The van der Waals surface area contributed by atoms with E-state index in [2.05, 4.69) is 15.5 Å². The molecule has 1 heterocycles. The molecule has 2 aromatic rings. The first-order chi connectivity index (χ1) is 9.69. The van der Waals surface area contributed by atoms with Gasteiger partial charge < -0.3 is 9.73 Å². The lowest BCUT2D eigenvalue weighted by Gasteiger charge is -2.00. The number of halogens is 1. The molecule has 0 fully saturated rings. The van der Waals surface area contributed by atoms with Gasteiger partial charge in [0.1, 0.15) is 5.82 Å². The zero-order valence-electron chi connectivity index (χ0n) is 11.2. The van der Waals surface area contributed by atoms with Crippen molar-refractivity contribution in [1.29, 1.82) is 0 Å². The minimum atomic E-state index is -0.318. The lowest BCUT2D eigenvalue weighted by atomic mass is 10.2. The van der Waals surface area contributed by atoms with Crippen LogP contribution in [0.2, 0.25) is 0 Å². The molecule has 1 aromatic carbocycles. The Bertz CT molecular complexity index is 566. The molecule has 0 saturated heterocycles. The highest BCUT2D eigenvalue weighted by Crippen LogP contribution is 2.18. The number of aromatic nitrogens is 2. The predicted octanol–water partition coefficient (Wildman–Crippen LogP) is 2.33. The molecule has 2 rings (SSSR count). The second-order valence-electron chi connectivity index (χ2n) is 4.36. The molecule has 6 heteroatoms. The van der Waals surface area contributed by atoms with Gasteiger partial charge in [-0.05, 0) is 30.7 Å². The van der Waals surface area contributed by atoms with Crippen LogP contribution in [0.5, 0.6) is 0 Å². The highest BCUT2D eigenvalue weighted by Gasteiger charge is 2.10. The van der Waals surface area contributed by atoms with Crippen molar-refractivity contribution >= 4 is 5.91 Å². The number of amides is 1. The number of carbonyl (C=O) groups excluding carboxylic acids is 1. The fraction of sp³-hybridized carbons (Fsp3) is 0.357. The maximum absolute atomic E-state index is 12.8. The van der Waals surface area contributed by atoms with E-state index in [1.807, 2.05) is 6.92 Å². The fourth-order valence-electron chi connectivity index (χ4n) is 1.64. The normalized spacial score (nSPS) is 10.5. The van der Waals surface area contributed by atoms with E-state index in [9.17, 15) is 9.18 Å². The van der Waals surface area contributed by atoms with Gasteiger partial charge in [-0.2, -0.15) is 0 Å². The Balaban J connectivity index is 1.92. The number of rotatable bonds is 6. The van der Waals surface area contributed by atoms with Crippen LogP contribution >= 0.6 is 0 Å². The standard InChI is InChI=1S/C14H16FN3O2/c1-2-9-16-12(19)7-8-13-17-18-14(20-13)10-3-5-11(15)6-4-10/h3-6H,2,7-9H2,1H3,(H,16,19). The number of nitrogens with zero attached hydrogens (tertiary/aromatic N) is 2. The number of aryl methyl sites for hydroxylation is 1. The van der Waals surface area contributed by atoms with Gasteiger partial charge >= 0.3 is 0 Å². The van der Waals surface area contributed by atoms with Crippen LogP contribution in [0.1, 0.15) is 25.7 Å². The zero-order valence-corrected chi connectivity index (χ0v) is 11.2. The summed E-state index contributed by atoms with van der Waals surface area (Å²) in [6.07, 6.45) is 1.61. The van der Waals surface area contributed by atoms with Gasteiger partial charge in [-0.25, -0.2) is 4.39 Å². The van der Waals surface area contributed by atoms with Crippen molar-refractivity contribution in [2.75, 3.05) is 6.54 Å². The minimum absolute atomic E-state index is 0.0339. The topological polar surface area (TPSA) is 68.0 Å². The van der Waals surface area contributed by atoms with Crippen molar-refractivity contribution in [2.24, 2.45) is 0 Å². The molecule has 0 aliphatic heterocycles. The number of hydrogen-bond donors (Lipinski definition) is 1. The number of benzene rings is 1. The van der Waals surface area contributed by atoms with Crippen molar-refractivity contribution in [3.05, 3.63) is 36.0 Å². The Morgan fingerprint density at radius 2 is 2.05 bits per heavy atom. The van der Waals surface area contributed by atoms with Crippen LogP contribution in [-0.4, -0.2) is 22.6 Å². The first-order valence-corrected chi connectivity index (χ1v) is 6.54. The molecule has 106 valence electrons. The zero-order chi connectivity index (χ0) is 14.4.